The molecule has 1 saturated heterocycles. The van der Waals surface area contributed by atoms with E-state index in [1.165, 1.54) is 12.0 Å². The number of piperidine rings is 1. The summed E-state index contributed by atoms with van der Waals surface area (Å²) in [5.41, 5.74) is 3.90. The van der Waals surface area contributed by atoms with E-state index in [0.717, 1.165) is 72.4 Å². The van der Waals surface area contributed by atoms with Crippen molar-refractivity contribution in [3.05, 3.63) is 40.0 Å². The summed E-state index contributed by atoms with van der Waals surface area (Å²) in [5.74, 6) is 0.125. The Balaban J connectivity index is 1.74. The van der Waals surface area contributed by atoms with Crippen molar-refractivity contribution in [3.8, 4) is 0 Å². The van der Waals surface area contributed by atoms with Gasteiger partial charge in [0.05, 0.1) is 10.5 Å². The highest BCUT2D eigenvalue weighted by atomic mass is 35.5. The monoisotopic (exact) mass is 314 g/mol. The quantitative estimate of drug-likeness (QED) is 0.797. The molecule has 0 spiro atoms. The lowest BCUT2D eigenvalue weighted by molar-refractivity contribution is 0.0724. The second-order valence-electron chi connectivity index (χ2n) is 6.29. The number of benzene rings is 1. The topological polar surface area (TPSA) is 33.2 Å². The van der Waals surface area contributed by atoms with E-state index >= 15 is 0 Å². The number of fused-ring (bicyclic) bond motifs is 2. The highest BCUT2D eigenvalue weighted by molar-refractivity contribution is 6.36. The number of nitrogens with zero attached hydrogens (tertiary/aromatic N) is 2. The van der Waals surface area contributed by atoms with Gasteiger partial charge >= 0.3 is 0 Å². The first-order chi connectivity index (χ1) is 10.7. The van der Waals surface area contributed by atoms with Gasteiger partial charge in [-0.05, 0) is 56.2 Å². The van der Waals surface area contributed by atoms with Crippen LogP contribution in [0, 0.1) is 0 Å². The summed E-state index contributed by atoms with van der Waals surface area (Å²) in [6, 6.07) is 5.77. The second kappa shape index (κ2) is 5.54. The molecule has 1 aromatic carbocycles. The van der Waals surface area contributed by atoms with Gasteiger partial charge in [0.15, 0.2) is 0 Å². The van der Waals surface area contributed by atoms with Gasteiger partial charge < -0.3 is 4.90 Å². The maximum Gasteiger partial charge on any atom is 0.253 e. The summed E-state index contributed by atoms with van der Waals surface area (Å²) >= 11 is 6.53. The molecule has 0 bridgehead atoms. The Kier molecular flexibility index (Phi) is 3.53. The molecule has 2 aromatic rings. The van der Waals surface area contributed by atoms with Crippen LogP contribution in [0.2, 0.25) is 5.02 Å². The second-order valence-corrected chi connectivity index (χ2v) is 6.67. The van der Waals surface area contributed by atoms with Crippen molar-refractivity contribution in [2.75, 3.05) is 13.1 Å². The average molecular weight is 315 g/mol. The average Bonchev–Trinajstić information content (AvgIpc) is 3.03. The molecule has 1 aromatic heterocycles. The fourth-order valence-electron chi connectivity index (χ4n) is 3.62. The van der Waals surface area contributed by atoms with Crippen LogP contribution in [0.25, 0.3) is 10.9 Å². The Morgan fingerprint density at radius 2 is 1.91 bits per heavy atom. The molecule has 2 aliphatic rings. The minimum absolute atomic E-state index is 0.125. The highest BCUT2D eigenvalue weighted by Crippen LogP contribution is 2.34. The summed E-state index contributed by atoms with van der Waals surface area (Å²) in [6.07, 6.45) is 6.58. The number of carbonyl (C=O) groups is 1. The first-order valence-electron chi connectivity index (χ1n) is 8.14. The van der Waals surface area contributed by atoms with Gasteiger partial charge in [-0.3, -0.25) is 9.78 Å². The fourth-order valence-corrected chi connectivity index (χ4v) is 3.98. The van der Waals surface area contributed by atoms with Crippen molar-refractivity contribution < 1.29 is 4.79 Å². The van der Waals surface area contributed by atoms with E-state index in [1.807, 2.05) is 23.1 Å². The summed E-state index contributed by atoms with van der Waals surface area (Å²) < 4.78 is 0. The van der Waals surface area contributed by atoms with Crippen molar-refractivity contribution in [1.29, 1.82) is 0 Å². The predicted molar refractivity (Wildman–Crippen MR) is 88.5 cm³/mol. The first-order valence-corrected chi connectivity index (χ1v) is 8.52. The summed E-state index contributed by atoms with van der Waals surface area (Å²) in [7, 11) is 0. The Morgan fingerprint density at radius 3 is 2.73 bits per heavy atom. The molecular formula is C18H19ClN2O. The van der Waals surface area contributed by atoms with E-state index < -0.39 is 0 Å². The number of rotatable bonds is 1. The van der Waals surface area contributed by atoms with E-state index in [1.54, 1.807) is 0 Å². The molecule has 4 heteroatoms. The van der Waals surface area contributed by atoms with Crippen LogP contribution in [-0.2, 0) is 12.8 Å². The van der Waals surface area contributed by atoms with E-state index in [-0.39, 0.29) is 5.91 Å². The zero-order chi connectivity index (χ0) is 15.1. The number of amides is 1. The van der Waals surface area contributed by atoms with E-state index in [4.69, 9.17) is 16.6 Å². The molecule has 0 radical (unpaired) electrons. The molecule has 2 heterocycles. The molecular weight excluding hydrogens is 296 g/mol. The van der Waals surface area contributed by atoms with E-state index in [0.29, 0.717) is 0 Å². The Hall–Kier alpha value is -1.61. The van der Waals surface area contributed by atoms with Crippen molar-refractivity contribution in [2.45, 2.75) is 38.5 Å². The maximum absolute atomic E-state index is 12.6. The predicted octanol–water partition coefficient (Wildman–Crippen LogP) is 4.00. The van der Waals surface area contributed by atoms with Crippen LogP contribution in [-0.4, -0.2) is 28.9 Å². The van der Waals surface area contributed by atoms with Gasteiger partial charge in [0.1, 0.15) is 0 Å². The number of hydrogen-bond donors (Lipinski definition) is 0. The van der Waals surface area contributed by atoms with Crippen molar-refractivity contribution in [2.24, 2.45) is 0 Å². The van der Waals surface area contributed by atoms with Crippen LogP contribution in [0.1, 0.15) is 47.3 Å². The number of halogens is 1. The van der Waals surface area contributed by atoms with E-state index in [2.05, 4.69) is 0 Å². The number of hydrogen-bond acceptors (Lipinski definition) is 2. The SMILES string of the molecule is O=C(c1ccc2c(Cl)c3c(nc2c1)CCC3)N1CCCCC1. The lowest BCUT2D eigenvalue weighted by Crippen LogP contribution is -2.35. The van der Waals surface area contributed by atoms with Crippen LogP contribution in [0.3, 0.4) is 0 Å². The van der Waals surface area contributed by atoms with Gasteiger partial charge in [-0.2, -0.15) is 0 Å². The highest BCUT2D eigenvalue weighted by Gasteiger charge is 2.21. The zero-order valence-electron chi connectivity index (χ0n) is 12.6. The van der Waals surface area contributed by atoms with Gasteiger partial charge in [-0.25, -0.2) is 0 Å². The zero-order valence-corrected chi connectivity index (χ0v) is 13.3. The van der Waals surface area contributed by atoms with Crippen molar-refractivity contribution >= 4 is 28.4 Å². The van der Waals surface area contributed by atoms with Gasteiger partial charge in [-0.1, -0.05) is 17.7 Å². The molecule has 1 aliphatic heterocycles. The molecule has 0 saturated carbocycles. The third-order valence-corrected chi connectivity index (χ3v) is 5.27. The van der Waals surface area contributed by atoms with Gasteiger partial charge in [0.2, 0.25) is 0 Å². The first kappa shape index (κ1) is 14.0. The standard InChI is InChI=1S/C18H19ClN2O/c19-17-13-5-4-6-15(13)20-16-11-12(7-8-14(16)17)18(22)21-9-2-1-3-10-21/h7-8,11H,1-6,9-10H2. The molecule has 0 N–H and O–H groups in total. The molecule has 0 atom stereocenters. The maximum atomic E-state index is 12.6. The molecule has 1 fully saturated rings. The van der Waals surface area contributed by atoms with Crippen LogP contribution < -0.4 is 0 Å². The molecule has 114 valence electrons. The Morgan fingerprint density at radius 1 is 1.09 bits per heavy atom. The number of carbonyl (C=O) groups excluding carboxylic acids is 1. The fraction of sp³-hybridized carbons (Fsp3) is 0.444. The van der Waals surface area contributed by atoms with Crippen LogP contribution in [0.5, 0.6) is 0 Å². The molecule has 0 unspecified atom stereocenters. The minimum Gasteiger partial charge on any atom is -0.339 e. The van der Waals surface area contributed by atoms with Gasteiger partial charge in [-0.15, -0.1) is 0 Å². The molecule has 1 amide bonds. The lowest BCUT2D eigenvalue weighted by Gasteiger charge is -2.26. The molecule has 1 aliphatic carbocycles. The minimum atomic E-state index is 0.125. The van der Waals surface area contributed by atoms with Crippen LogP contribution >= 0.6 is 11.6 Å². The lowest BCUT2D eigenvalue weighted by atomic mass is 10.1. The summed E-state index contributed by atoms with van der Waals surface area (Å²) in [4.78, 5) is 19.3. The van der Waals surface area contributed by atoms with Crippen LogP contribution in [0.15, 0.2) is 18.2 Å². The van der Waals surface area contributed by atoms with Gasteiger partial charge in [0, 0.05) is 29.7 Å². The molecule has 22 heavy (non-hydrogen) atoms. The number of aromatic nitrogens is 1. The number of likely N-dealkylation sites (tertiary alicyclic amines) is 1. The van der Waals surface area contributed by atoms with Crippen LogP contribution in [0.4, 0.5) is 0 Å². The molecule has 3 nitrogen and oxygen atoms in total. The normalized spacial score (nSPS) is 17.8. The summed E-state index contributed by atoms with van der Waals surface area (Å²) in [5, 5.41) is 1.80. The number of aryl methyl sites for hydroxylation is 1. The third kappa shape index (κ3) is 2.28. The van der Waals surface area contributed by atoms with Crippen molar-refractivity contribution in [3.63, 3.8) is 0 Å². The number of pyridine rings is 1. The largest absolute Gasteiger partial charge is 0.339 e. The Labute approximate surface area is 135 Å². The van der Waals surface area contributed by atoms with Gasteiger partial charge in [0.25, 0.3) is 5.91 Å². The van der Waals surface area contributed by atoms with E-state index in [9.17, 15) is 4.79 Å². The van der Waals surface area contributed by atoms with Crippen molar-refractivity contribution in [1.82, 2.24) is 9.88 Å². The summed E-state index contributed by atoms with van der Waals surface area (Å²) in [6.45, 7) is 1.74. The third-order valence-electron chi connectivity index (χ3n) is 4.83. The smallest absolute Gasteiger partial charge is 0.253 e. The molecule has 4 rings (SSSR count). The Bertz CT molecular complexity index is 750.